The number of carboxylic acids is 1. The molecule has 1 saturated heterocycles. The quantitative estimate of drug-likeness (QED) is 0.827. The van der Waals surface area contributed by atoms with Crippen LogP contribution in [0, 0.1) is 13.8 Å². The molecule has 2 N–H and O–H groups in total. The van der Waals surface area contributed by atoms with Gasteiger partial charge >= 0.3 is 5.97 Å². The zero-order valence-corrected chi connectivity index (χ0v) is 10.2. The molecule has 1 fully saturated rings. The predicted molar refractivity (Wildman–Crippen MR) is 65.7 cm³/mol. The molecule has 2 atom stereocenters. The Morgan fingerprint density at radius 3 is 2.56 bits per heavy atom. The summed E-state index contributed by atoms with van der Waals surface area (Å²) in [4.78, 5) is 10.9. The smallest absolute Gasteiger partial charge is 0.321 e. The number of aryl methyl sites for hydroxylation is 2. The summed E-state index contributed by atoms with van der Waals surface area (Å²) < 4.78 is 0. The third-order valence-corrected chi connectivity index (χ3v) is 4.12. The first kappa shape index (κ1) is 11.5. The van der Waals surface area contributed by atoms with Gasteiger partial charge in [0.15, 0.2) is 0 Å². The summed E-state index contributed by atoms with van der Waals surface area (Å²) in [5.74, 6) is -0.130. The van der Waals surface area contributed by atoms with E-state index in [1.54, 1.807) is 11.8 Å². The molecule has 86 valence electrons. The molecule has 0 spiro atoms. The first-order valence-electron chi connectivity index (χ1n) is 5.26. The van der Waals surface area contributed by atoms with Crippen molar-refractivity contribution in [3.05, 3.63) is 34.9 Å². The van der Waals surface area contributed by atoms with Crippen LogP contribution in [0.5, 0.6) is 0 Å². The molecule has 0 aromatic heterocycles. The minimum absolute atomic E-state index is 0.113. The minimum Gasteiger partial charge on any atom is -0.480 e. The first-order chi connectivity index (χ1) is 7.59. The molecule has 16 heavy (non-hydrogen) atoms. The highest BCUT2D eigenvalue weighted by molar-refractivity contribution is 7.99. The third kappa shape index (κ3) is 2.08. The summed E-state index contributed by atoms with van der Waals surface area (Å²) in [5, 5.41) is 12.2. The van der Waals surface area contributed by atoms with Gasteiger partial charge in [-0.05, 0) is 30.5 Å². The Balaban J connectivity index is 2.24. The second kappa shape index (κ2) is 4.47. The van der Waals surface area contributed by atoms with E-state index in [1.165, 1.54) is 16.7 Å². The normalized spacial score (nSPS) is 24.6. The number of carbonyl (C=O) groups is 1. The Kier molecular flexibility index (Phi) is 3.21. The molecule has 0 saturated carbocycles. The number of aliphatic carboxylic acids is 1. The van der Waals surface area contributed by atoms with Crippen molar-refractivity contribution < 1.29 is 9.90 Å². The summed E-state index contributed by atoms with van der Waals surface area (Å²) in [7, 11) is 0. The Labute approximate surface area is 99.2 Å². The molecule has 4 heteroatoms. The van der Waals surface area contributed by atoms with Gasteiger partial charge in [-0.1, -0.05) is 18.2 Å². The second-order valence-corrected chi connectivity index (χ2v) is 5.21. The molecule has 3 nitrogen and oxygen atoms in total. The molecule has 2 rings (SSSR count). The van der Waals surface area contributed by atoms with Crippen LogP contribution in [0.4, 0.5) is 0 Å². The maximum atomic E-state index is 10.9. The van der Waals surface area contributed by atoms with E-state index < -0.39 is 12.0 Å². The van der Waals surface area contributed by atoms with Crippen molar-refractivity contribution in [2.24, 2.45) is 0 Å². The molecule has 1 aliphatic rings. The minimum atomic E-state index is -0.763. The van der Waals surface area contributed by atoms with Gasteiger partial charge in [-0.2, -0.15) is 0 Å². The number of thioether (sulfide) groups is 1. The van der Waals surface area contributed by atoms with Crippen LogP contribution in [-0.4, -0.2) is 22.9 Å². The van der Waals surface area contributed by atoms with Gasteiger partial charge in [-0.25, -0.2) is 0 Å². The summed E-state index contributed by atoms with van der Waals surface area (Å²) in [5.41, 5.74) is 3.67. The summed E-state index contributed by atoms with van der Waals surface area (Å²) in [6.07, 6.45) is 0. The van der Waals surface area contributed by atoms with Crippen molar-refractivity contribution in [2.75, 3.05) is 5.75 Å². The predicted octanol–water partition coefficient (Wildman–Crippen LogP) is 2.09. The Hall–Kier alpha value is -1.00. The van der Waals surface area contributed by atoms with Crippen LogP contribution >= 0.6 is 11.8 Å². The maximum absolute atomic E-state index is 10.9. The lowest BCUT2D eigenvalue weighted by atomic mass is 10.0. The lowest BCUT2D eigenvalue weighted by molar-refractivity contribution is -0.138. The van der Waals surface area contributed by atoms with Crippen molar-refractivity contribution in [3.63, 3.8) is 0 Å². The molecule has 0 aliphatic carbocycles. The van der Waals surface area contributed by atoms with E-state index in [2.05, 4.69) is 31.3 Å². The number of nitrogens with one attached hydrogen (secondary N) is 1. The van der Waals surface area contributed by atoms with Crippen LogP contribution in [0.25, 0.3) is 0 Å². The van der Waals surface area contributed by atoms with Crippen LogP contribution in [0.2, 0.25) is 0 Å². The topological polar surface area (TPSA) is 49.3 Å². The molecule has 2 unspecified atom stereocenters. The largest absolute Gasteiger partial charge is 0.480 e. The molecule has 1 aliphatic heterocycles. The summed E-state index contributed by atoms with van der Waals surface area (Å²) in [6, 6.07) is 5.74. The van der Waals surface area contributed by atoms with E-state index in [0.29, 0.717) is 5.75 Å². The fraction of sp³-hybridized carbons (Fsp3) is 0.417. The van der Waals surface area contributed by atoms with Gasteiger partial charge in [0, 0.05) is 5.75 Å². The number of rotatable bonds is 2. The van der Waals surface area contributed by atoms with E-state index in [4.69, 9.17) is 5.11 Å². The van der Waals surface area contributed by atoms with Gasteiger partial charge in [0.1, 0.15) is 6.04 Å². The van der Waals surface area contributed by atoms with Gasteiger partial charge in [0.25, 0.3) is 0 Å². The van der Waals surface area contributed by atoms with Crippen molar-refractivity contribution in [1.29, 1.82) is 0 Å². The monoisotopic (exact) mass is 237 g/mol. The first-order valence-corrected chi connectivity index (χ1v) is 6.31. The Morgan fingerprint density at radius 2 is 2.06 bits per heavy atom. The average molecular weight is 237 g/mol. The maximum Gasteiger partial charge on any atom is 0.321 e. The van der Waals surface area contributed by atoms with Gasteiger partial charge in [-0.3, -0.25) is 10.1 Å². The van der Waals surface area contributed by atoms with E-state index in [1.807, 2.05) is 6.07 Å². The number of hydrogen-bond acceptors (Lipinski definition) is 3. The highest BCUT2D eigenvalue weighted by Gasteiger charge is 2.31. The van der Waals surface area contributed by atoms with Crippen LogP contribution in [0.1, 0.15) is 22.1 Å². The zero-order chi connectivity index (χ0) is 11.7. The highest BCUT2D eigenvalue weighted by atomic mass is 32.2. The van der Waals surface area contributed by atoms with Crippen molar-refractivity contribution in [2.45, 2.75) is 25.3 Å². The molecule has 1 aromatic carbocycles. The van der Waals surface area contributed by atoms with E-state index in [-0.39, 0.29) is 5.37 Å². The van der Waals surface area contributed by atoms with E-state index in [9.17, 15) is 4.79 Å². The van der Waals surface area contributed by atoms with Crippen molar-refractivity contribution in [1.82, 2.24) is 5.32 Å². The zero-order valence-electron chi connectivity index (χ0n) is 9.36. The molecular weight excluding hydrogens is 222 g/mol. The van der Waals surface area contributed by atoms with Crippen LogP contribution < -0.4 is 5.32 Å². The van der Waals surface area contributed by atoms with Gasteiger partial charge in [-0.15, -0.1) is 11.8 Å². The van der Waals surface area contributed by atoms with Crippen LogP contribution in [-0.2, 0) is 4.79 Å². The Morgan fingerprint density at radius 1 is 1.44 bits per heavy atom. The third-order valence-electron chi connectivity index (χ3n) is 2.88. The fourth-order valence-corrected chi connectivity index (χ4v) is 3.44. The van der Waals surface area contributed by atoms with Gasteiger partial charge < -0.3 is 5.11 Å². The fourth-order valence-electron chi connectivity index (χ4n) is 2.02. The summed E-state index contributed by atoms with van der Waals surface area (Å²) in [6.45, 7) is 4.14. The van der Waals surface area contributed by atoms with Crippen LogP contribution in [0.3, 0.4) is 0 Å². The van der Waals surface area contributed by atoms with Crippen molar-refractivity contribution in [3.8, 4) is 0 Å². The Bertz CT molecular complexity index is 399. The summed E-state index contributed by atoms with van der Waals surface area (Å²) >= 11 is 1.67. The number of carboxylic acid groups (broad SMARTS) is 1. The van der Waals surface area contributed by atoms with E-state index >= 15 is 0 Å². The second-order valence-electron chi connectivity index (χ2n) is 4.08. The lowest BCUT2D eigenvalue weighted by Gasteiger charge is -2.16. The van der Waals surface area contributed by atoms with Crippen molar-refractivity contribution >= 4 is 17.7 Å². The molecule has 1 heterocycles. The van der Waals surface area contributed by atoms with Gasteiger partial charge in [0.05, 0.1) is 5.37 Å². The molecule has 0 bridgehead atoms. The standard InChI is InChI=1S/C12H15NO2S/c1-7-4-3-5-8(2)10(7)11-13-9(6-16-11)12(14)15/h3-5,9,11,13H,6H2,1-2H3,(H,14,15). The molecular formula is C12H15NO2S. The lowest BCUT2D eigenvalue weighted by Crippen LogP contribution is -2.34. The van der Waals surface area contributed by atoms with Crippen LogP contribution in [0.15, 0.2) is 18.2 Å². The molecule has 0 radical (unpaired) electrons. The SMILES string of the molecule is Cc1cccc(C)c1C1NC(C(=O)O)CS1. The van der Waals surface area contributed by atoms with E-state index in [0.717, 1.165) is 0 Å². The molecule has 0 amide bonds. The molecule has 1 aromatic rings. The number of hydrogen-bond donors (Lipinski definition) is 2. The average Bonchev–Trinajstić information content (AvgIpc) is 2.66. The number of benzene rings is 1. The highest BCUT2D eigenvalue weighted by Crippen LogP contribution is 2.36. The van der Waals surface area contributed by atoms with Gasteiger partial charge in [0.2, 0.25) is 0 Å².